The number of aromatic nitrogens is 3. The highest BCUT2D eigenvalue weighted by Crippen LogP contribution is 2.21. The number of aliphatic imine (C=N–C) groups is 1. The van der Waals surface area contributed by atoms with E-state index < -0.39 is 0 Å². The number of hydrogen-bond acceptors (Lipinski definition) is 6. The Bertz CT molecular complexity index is 699. The summed E-state index contributed by atoms with van der Waals surface area (Å²) in [4.78, 5) is 16.1. The number of rotatable bonds is 4. The lowest BCUT2D eigenvalue weighted by Gasteiger charge is -2.08. The van der Waals surface area contributed by atoms with Crippen LogP contribution in [0.4, 0.5) is 0 Å². The fourth-order valence-electron chi connectivity index (χ4n) is 2.01. The van der Waals surface area contributed by atoms with Crippen molar-refractivity contribution in [2.75, 3.05) is 18.1 Å². The molecule has 0 saturated carbocycles. The maximum absolute atomic E-state index is 11.9. The van der Waals surface area contributed by atoms with Crippen molar-refractivity contribution in [3.05, 3.63) is 36.2 Å². The molecule has 0 spiro atoms. The van der Waals surface area contributed by atoms with Gasteiger partial charge >= 0.3 is 0 Å². The van der Waals surface area contributed by atoms with Crippen molar-refractivity contribution < 1.29 is 4.79 Å². The van der Waals surface area contributed by atoms with Gasteiger partial charge in [0.2, 0.25) is 5.91 Å². The Kier molecular flexibility index (Phi) is 4.79. The van der Waals surface area contributed by atoms with Crippen molar-refractivity contribution >= 4 is 34.6 Å². The summed E-state index contributed by atoms with van der Waals surface area (Å²) in [5.41, 5.74) is 0.989. The van der Waals surface area contributed by atoms with Crippen LogP contribution in [-0.2, 0) is 4.79 Å². The summed E-state index contributed by atoms with van der Waals surface area (Å²) in [5.74, 6) is 1.94. The smallest absolute Gasteiger partial charge is 0.236 e. The van der Waals surface area contributed by atoms with E-state index in [1.54, 1.807) is 11.8 Å². The zero-order valence-corrected chi connectivity index (χ0v) is 13.7. The molecule has 0 radical (unpaired) electrons. The standard InChI is InChI=1S/C14H15N5OS2/c1-10-17-18-14(19(10)11-5-3-2-4-6-11)22-9-12(20)16-13-15-7-8-21-13/h2-6H,7-9H2,1H3,(H,15,16,20). The summed E-state index contributed by atoms with van der Waals surface area (Å²) in [6.07, 6.45) is 0. The second kappa shape index (κ2) is 6.97. The number of nitrogens with one attached hydrogen (secondary N) is 1. The molecule has 1 aliphatic rings. The van der Waals surface area contributed by atoms with Gasteiger partial charge in [0, 0.05) is 11.4 Å². The first-order valence-corrected chi connectivity index (χ1v) is 8.78. The molecule has 1 aromatic carbocycles. The zero-order valence-electron chi connectivity index (χ0n) is 12.0. The average Bonchev–Trinajstić information content (AvgIpc) is 3.16. The molecule has 1 aliphatic heterocycles. The first-order chi connectivity index (χ1) is 10.7. The third-order valence-electron chi connectivity index (χ3n) is 2.97. The molecule has 0 aliphatic carbocycles. The van der Waals surface area contributed by atoms with E-state index >= 15 is 0 Å². The van der Waals surface area contributed by atoms with Crippen LogP contribution in [0.1, 0.15) is 5.82 Å². The molecule has 1 aromatic heterocycles. The predicted molar refractivity (Wildman–Crippen MR) is 89.7 cm³/mol. The summed E-state index contributed by atoms with van der Waals surface area (Å²) >= 11 is 2.94. The van der Waals surface area contributed by atoms with E-state index in [1.165, 1.54) is 11.8 Å². The number of thioether (sulfide) groups is 2. The largest absolute Gasteiger partial charge is 0.305 e. The van der Waals surface area contributed by atoms with Crippen LogP contribution in [0.5, 0.6) is 0 Å². The molecule has 0 atom stereocenters. The molecule has 0 fully saturated rings. The Balaban J connectivity index is 1.67. The molecule has 0 saturated heterocycles. The van der Waals surface area contributed by atoms with Crippen LogP contribution >= 0.6 is 23.5 Å². The van der Waals surface area contributed by atoms with Crippen LogP contribution in [0.2, 0.25) is 0 Å². The van der Waals surface area contributed by atoms with Crippen LogP contribution in [0.15, 0.2) is 40.5 Å². The van der Waals surface area contributed by atoms with Crippen LogP contribution in [0.3, 0.4) is 0 Å². The Labute approximate surface area is 136 Å². The van der Waals surface area contributed by atoms with E-state index in [0.29, 0.717) is 10.3 Å². The summed E-state index contributed by atoms with van der Waals surface area (Å²) < 4.78 is 1.94. The Morgan fingerprint density at radius 3 is 2.91 bits per heavy atom. The third kappa shape index (κ3) is 3.50. The number of hydrogen-bond donors (Lipinski definition) is 1. The SMILES string of the molecule is Cc1nnc(SCC(=O)NC2=NCCS2)n1-c1ccccc1. The molecule has 2 aromatic rings. The van der Waals surface area contributed by atoms with Crippen molar-refractivity contribution in [3.8, 4) is 5.69 Å². The molecule has 22 heavy (non-hydrogen) atoms. The quantitative estimate of drug-likeness (QED) is 0.865. The number of para-hydroxylation sites is 1. The number of carbonyl (C=O) groups is 1. The van der Waals surface area contributed by atoms with Gasteiger partial charge in [-0.15, -0.1) is 10.2 Å². The molecule has 8 heteroatoms. The van der Waals surface area contributed by atoms with Gasteiger partial charge in [-0.05, 0) is 19.1 Å². The molecule has 1 N–H and O–H groups in total. The lowest BCUT2D eigenvalue weighted by molar-refractivity contribution is -0.117. The van der Waals surface area contributed by atoms with Crippen molar-refractivity contribution in [1.29, 1.82) is 0 Å². The second-order valence-electron chi connectivity index (χ2n) is 4.57. The normalized spacial score (nSPS) is 14.0. The van der Waals surface area contributed by atoms with Crippen molar-refractivity contribution in [2.45, 2.75) is 12.1 Å². The number of aryl methyl sites for hydroxylation is 1. The molecule has 114 valence electrons. The van der Waals surface area contributed by atoms with Gasteiger partial charge in [-0.25, -0.2) is 0 Å². The fourth-order valence-corrected chi connectivity index (χ4v) is 3.55. The lowest BCUT2D eigenvalue weighted by atomic mass is 10.3. The monoisotopic (exact) mass is 333 g/mol. The van der Waals surface area contributed by atoms with Gasteiger partial charge in [0.25, 0.3) is 0 Å². The van der Waals surface area contributed by atoms with Crippen LogP contribution in [-0.4, -0.2) is 43.9 Å². The number of amidine groups is 1. The molecule has 1 amide bonds. The first-order valence-electron chi connectivity index (χ1n) is 6.81. The maximum atomic E-state index is 11.9. The van der Waals surface area contributed by atoms with E-state index in [1.807, 2.05) is 41.8 Å². The minimum Gasteiger partial charge on any atom is -0.305 e. The van der Waals surface area contributed by atoms with E-state index in [-0.39, 0.29) is 11.7 Å². The minimum absolute atomic E-state index is 0.0709. The van der Waals surface area contributed by atoms with Gasteiger partial charge in [-0.3, -0.25) is 14.4 Å². The summed E-state index contributed by atoms with van der Waals surface area (Å²) in [7, 11) is 0. The molecule has 2 heterocycles. The number of benzene rings is 1. The molecule has 3 rings (SSSR count). The van der Waals surface area contributed by atoms with Crippen LogP contribution in [0.25, 0.3) is 5.69 Å². The van der Waals surface area contributed by atoms with Gasteiger partial charge in [-0.1, -0.05) is 41.7 Å². The number of nitrogens with zero attached hydrogens (tertiary/aromatic N) is 4. The van der Waals surface area contributed by atoms with Crippen molar-refractivity contribution in [1.82, 2.24) is 20.1 Å². The summed E-state index contributed by atoms with van der Waals surface area (Å²) in [6.45, 7) is 2.67. The zero-order chi connectivity index (χ0) is 15.4. The molecule has 6 nitrogen and oxygen atoms in total. The van der Waals surface area contributed by atoms with Gasteiger partial charge in [-0.2, -0.15) is 0 Å². The Morgan fingerprint density at radius 1 is 1.36 bits per heavy atom. The molecule has 0 bridgehead atoms. The van der Waals surface area contributed by atoms with Crippen LogP contribution in [0, 0.1) is 6.92 Å². The molecular weight excluding hydrogens is 318 g/mol. The predicted octanol–water partition coefficient (Wildman–Crippen LogP) is 1.89. The highest BCUT2D eigenvalue weighted by atomic mass is 32.2. The summed E-state index contributed by atoms with van der Waals surface area (Å²) in [5, 5.41) is 12.5. The minimum atomic E-state index is -0.0709. The van der Waals surface area contributed by atoms with Gasteiger partial charge in [0.05, 0.1) is 12.3 Å². The van der Waals surface area contributed by atoms with E-state index in [9.17, 15) is 4.79 Å². The maximum Gasteiger partial charge on any atom is 0.236 e. The second-order valence-corrected chi connectivity index (χ2v) is 6.60. The fraction of sp³-hybridized carbons (Fsp3) is 0.286. The number of carbonyl (C=O) groups excluding carboxylic acids is 1. The average molecular weight is 333 g/mol. The first kappa shape index (κ1) is 15.1. The highest BCUT2D eigenvalue weighted by molar-refractivity contribution is 8.14. The third-order valence-corrected chi connectivity index (χ3v) is 4.79. The Morgan fingerprint density at radius 2 is 2.18 bits per heavy atom. The molecule has 0 unspecified atom stereocenters. The van der Waals surface area contributed by atoms with Gasteiger partial charge in [0.1, 0.15) is 5.82 Å². The lowest BCUT2D eigenvalue weighted by Crippen LogP contribution is -2.29. The van der Waals surface area contributed by atoms with Crippen LogP contribution < -0.4 is 5.32 Å². The van der Waals surface area contributed by atoms with Gasteiger partial charge in [0.15, 0.2) is 10.3 Å². The van der Waals surface area contributed by atoms with E-state index in [4.69, 9.17) is 0 Å². The van der Waals surface area contributed by atoms with Crippen molar-refractivity contribution in [2.24, 2.45) is 4.99 Å². The van der Waals surface area contributed by atoms with Gasteiger partial charge < -0.3 is 5.32 Å². The Hall–Kier alpha value is -1.80. The number of amides is 1. The summed E-state index contributed by atoms with van der Waals surface area (Å²) in [6, 6.07) is 9.87. The highest BCUT2D eigenvalue weighted by Gasteiger charge is 2.15. The molecular formula is C14H15N5OS2. The van der Waals surface area contributed by atoms with Crippen molar-refractivity contribution in [3.63, 3.8) is 0 Å². The van der Waals surface area contributed by atoms with E-state index in [0.717, 1.165) is 23.8 Å². The topological polar surface area (TPSA) is 72.2 Å². The van der Waals surface area contributed by atoms with E-state index in [2.05, 4.69) is 20.5 Å².